The van der Waals surface area contributed by atoms with Gasteiger partial charge in [-0.25, -0.2) is 9.97 Å². The molecule has 4 aromatic heterocycles. The number of nitrogens with one attached hydrogen (secondary N) is 2. The van der Waals surface area contributed by atoms with Gasteiger partial charge in [-0.05, 0) is 17.5 Å². The Morgan fingerprint density at radius 1 is 1.07 bits per heavy atom. The maximum atomic E-state index is 12.4. The van der Waals surface area contributed by atoms with E-state index in [9.17, 15) is 4.79 Å². The van der Waals surface area contributed by atoms with Crippen molar-refractivity contribution in [3.8, 4) is 21.8 Å². The minimum absolute atomic E-state index is 0.109. The van der Waals surface area contributed by atoms with Gasteiger partial charge in [0.05, 0.1) is 17.8 Å². The second kappa shape index (κ2) is 7.31. The number of thiophene rings is 1. The molecular formula is C20H14N4OS3. The first-order chi connectivity index (χ1) is 13.8. The second-order valence-electron chi connectivity index (χ2n) is 6.17. The Bertz CT molecular complexity index is 1250. The van der Waals surface area contributed by atoms with Gasteiger partial charge >= 0.3 is 0 Å². The van der Waals surface area contributed by atoms with Gasteiger partial charge in [0.2, 0.25) is 5.91 Å². The molecule has 0 atom stereocenters. The van der Waals surface area contributed by atoms with Gasteiger partial charge in [0.1, 0.15) is 5.01 Å². The predicted molar refractivity (Wildman–Crippen MR) is 117 cm³/mol. The number of anilines is 1. The molecule has 5 nitrogen and oxygen atoms in total. The standard InChI is InChI=1S/C20H14N4OS3/c25-18(7-13-10-27-19(22-13)12-5-6-26-9-12)24-20-23-17(11-28-20)15-8-21-16-4-2-1-3-14(15)16/h1-6,8-11,21H,7H2,(H,23,24,25). The van der Waals surface area contributed by atoms with E-state index in [0.29, 0.717) is 5.13 Å². The van der Waals surface area contributed by atoms with Crippen molar-refractivity contribution < 1.29 is 4.79 Å². The van der Waals surface area contributed by atoms with Crippen molar-refractivity contribution in [1.82, 2.24) is 15.0 Å². The van der Waals surface area contributed by atoms with Crippen LogP contribution in [0.5, 0.6) is 0 Å². The van der Waals surface area contributed by atoms with Crippen LogP contribution in [-0.4, -0.2) is 20.9 Å². The fourth-order valence-corrected chi connectivity index (χ4v) is 5.23. The van der Waals surface area contributed by atoms with E-state index >= 15 is 0 Å². The van der Waals surface area contributed by atoms with Gasteiger partial charge in [0, 0.05) is 44.4 Å². The van der Waals surface area contributed by atoms with Crippen molar-refractivity contribution in [2.24, 2.45) is 0 Å². The van der Waals surface area contributed by atoms with Crippen LogP contribution >= 0.6 is 34.0 Å². The summed E-state index contributed by atoms with van der Waals surface area (Å²) in [4.78, 5) is 24.8. The summed E-state index contributed by atoms with van der Waals surface area (Å²) in [5, 5.41) is 13.5. The monoisotopic (exact) mass is 422 g/mol. The van der Waals surface area contributed by atoms with Crippen LogP contribution < -0.4 is 5.32 Å². The molecule has 0 aliphatic rings. The zero-order valence-corrected chi connectivity index (χ0v) is 17.0. The summed E-state index contributed by atoms with van der Waals surface area (Å²) in [5.74, 6) is -0.109. The highest BCUT2D eigenvalue weighted by Gasteiger charge is 2.13. The number of nitrogens with zero attached hydrogens (tertiary/aromatic N) is 2. The molecule has 2 N–H and O–H groups in total. The number of hydrogen-bond donors (Lipinski definition) is 2. The summed E-state index contributed by atoms with van der Waals surface area (Å²) >= 11 is 4.62. The van der Waals surface area contributed by atoms with Crippen LogP contribution in [0.2, 0.25) is 0 Å². The quantitative estimate of drug-likeness (QED) is 0.384. The van der Waals surface area contributed by atoms with Gasteiger partial charge in [0.15, 0.2) is 5.13 Å². The number of hydrogen-bond acceptors (Lipinski definition) is 6. The van der Waals surface area contributed by atoms with Crippen LogP contribution in [0.15, 0.2) is 58.0 Å². The molecule has 0 aliphatic carbocycles. The Morgan fingerprint density at radius 2 is 2.00 bits per heavy atom. The van der Waals surface area contributed by atoms with E-state index in [4.69, 9.17) is 0 Å². The number of carbonyl (C=O) groups is 1. The van der Waals surface area contributed by atoms with Crippen molar-refractivity contribution in [1.29, 1.82) is 0 Å². The Labute approximate surface area is 172 Å². The third-order valence-corrected chi connectivity index (χ3v) is 6.66. The van der Waals surface area contributed by atoms with E-state index in [0.717, 1.165) is 38.4 Å². The molecular weight excluding hydrogens is 408 g/mol. The van der Waals surface area contributed by atoms with E-state index in [1.165, 1.54) is 11.3 Å². The molecule has 0 aliphatic heterocycles. The molecule has 0 radical (unpaired) electrons. The fraction of sp³-hybridized carbons (Fsp3) is 0.0500. The zero-order valence-electron chi connectivity index (χ0n) is 14.5. The SMILES string of the molecule is O=C(Cc1csc(-c2ccsc2)n1)Nc1nc(-c2c[nH]c3ccccc23)cs1. The van der Waals surface area contributed by atoms with E-state index in [2.05, 4.69) is 31.7 Å². The third-order valence-electron chi connectivity index (χ3n) is 4.28. The largest absolute Gasteiger partial charge is 0.360 e. The highest BCUT2D eigenvalue weighted by molar-refractivity contribution is 7.14. The van der Waals surface area contributed by atoms with E-state index in [1.54, 1.807) is 22.7 Å². The van der Waals surface area contributed by atoms with Gasteiger partial charge in [-0.2, -0.15) is 11.3 Å². The van der Waals surface area contributed by atoms with Gasteiger partial charge in [-0.1, -0.05) is 18.2 Å². The van der Waals surface area contributed by atoms with Crippen LogP contribution in [0.1, 0.15) is 5.69 Å². The summed E-state index contributed by atoms with van der Waals surface area (Å²) in [6, 6.07) is 10.1. The minimum atomic E-state index is -0.109. The molecule has 0 bridgehead atoms. The normalized spacial score (nSPS) is 11.1. The average Bonchev–Trinajstić information content (AvgIpc) is 3.47. The number of aromatic amines is 1. The second-order valence-corrected chi connectivity index (χ2v) is 8.66. The lowest BCUT2D eigenvalue weighted by molar-refractivity contribution is -0.115. The highest BCUT2D eigenvalue weighted by Crippen LogP contribution is 2.31. The lowest BCUT2D eigenvalue weighted by atomic mass is 10.1. The van der Waals surface area contributed by atoms with E-state index in [-0.39, 0.29) is 12.3 Å². The first kappa shape index (κ1) is 17.3. The average molecular weight is 423 g/mol. The maximum Gasteiger partial charge on any atom is 0.232 e. The summed E-state index contributed by atoms with van der Waals surface area (Å²) in [5.41, 5.74) is 4.83. The molecule has 1 aromatic carbocycles. The Balaban J connectivity index is 1.29. The summed E-state index contributed by atoms with van der Waals surface area (Å²) in [6.45, 7) is 0. The number of benzene rings is 1. The summed E-state index contributed by atoms with van der Waals surface area (Å²) in [6.07, 6.45) is 2.19. The molecule has 1 amide bonds. The topological polar surface area (TPSA) is 70.7 Å². The number of para-hydroxylation sites is 1. The van der Waals surface area contributed by atoms with E-state index in [1.807, 2.05) is 46.6 Å². The first-order valence-electron chi connectivity index (χ1n) is 8.55. The van der Waals surface area contributed by atoms with Crippen molar-refractivity contribution >= 4 is 56.0 Å². The molecule has 0 unspecified atom stereocenters. The number of fused-ring (bicyclic) bond motifs is 1. The Kier molecular flexibility index (Phi) is 4.52. The fourth-order valence-electron chi connectivity index (χ4n) is 2.97. The molecule has 0 saturated heterocycles. The lowest BCUT2D eigenvalue weighted by Gasteiger charge is -1.99. The summed E-state index contributed by atoms with van der Waals surface area (Å²) < 4.78 is 0. The van der Waals surface area contributed by atoms with Crippen molar-refractivity contribution in [3.05, 3.63) is 63.7 Å². The van der Waals surface area contributed by atoms with Crippen LogP contribution in [-0.2, 0) is 11.2 Å². The number of rotatable bonds is 5. The summed E-state index contributed by atoms with van der Waals surface area (Å²) in [7, 11) is 0. The number of thiazole rings is 2. The van der Waals surface area contributed by atoms with Crippen molar-refractivity contribution in [3.63, 3.8) is 0 Å². The van der Waals surface area contributed by atoms with E-state index < -0.39 is 0 Å². The van der Waals surface area contributed by atoms with Gasteiger partial charge in [0.25, 0.3) is 0 Å². The number of amides is 1. The minimum Gasteiger partial charge on any atom is -0.360 e. The molecule has 5 aromatic rings. The number of carbonyl (C=O) groups excluding carboxylic acids is 1. The van der Waals surface area contributed by atoms with Crippen molar-refractivity contribution in [2.75, 3.05) is 5.32 Å². The molecule has 0 spiro atoms. The van der Waals surface area contributed by atoms with Crippen LogP contribution in [0.25, 0.3) is 32.7 Å². The molecule has 8 heteroatoms. The molecule has 0 fully saturated rings. The predicted octanol–water partition coefficient (Wildman–Crippen LogP) is 5.66. The molecule has 0 saturated carbocycles. The van der Waals surface area contributed by atoms with Gasteiger partial charge < -0.3 is 10.3 Å². The van der Waals surface area contributed by atoms with Crippen LogP contribution in [0.3, 0.4) is 0 Å². The number of H-pyrrole nitrogens is 1. The lowest BCUT2D eigenvalue weighted by Crippen LogP contribution is -2.14. The van der Waals surface area contributed by atoms with Gasteiger partial charge in [-0.3, -0.25) is 4.79 Å². The smallest absolute Gasteiger partial charge is 0.232 e. The third kappa shape index (κ3) is 3.37. The van der Waals surface area contributed by atoms with Crippen LogP contribution in [0, 0.1) is 0 Å². The van der Waals surface area contributed by atoms with Crippen LogP contribution in [0.4, 0.5) is 5.13 Å². The van der Waals surface area contributed by atoms with Gasteiger partial charge in [-0.15, -0.1) is 22.7 Å². The Hall–Kier alpha value is -2.81. The molecule has 138 valence electrons. The number of aromatic nitrogens is 3. The maximum absolute atomic E-state index is 12.4. The van der Waals surface area contributed by atoms with Crippen molar-refractivity contribution in [2.45, 2.75) is 6.42 Å². The molecule has 4 heterocycles. The zero-order chi connectivity index (χ0) is 18.9. The molecule has 28 heavy (non-hydrogen) atoms. The highest BCUT2D eigenvalue weighted by atomic mass is 32.1. The molecule has 5 rings (SSSR count). The first-order valence-corrected chi connectivity index (χ1v) is 11.3. The Morgan fingerprint density at radius 3 is 2.89 bits per heavy atom.